The topological polar surface area (TPSA) is 238 Å². The van der Waals surface area contributed by atoms with Crippen LogP contribution in [0.5, 0.6) is 0 Å². The Morgan fingerprint density at radius 3 is 1.34 bits per heavy atom. The standard InChI is InChI=1S/C30H40N2O12/c33-13-19-21(35)23(37)25(39)27(43-19)15-5-3-7-17(11-15)29(41)31-9-1-2-10-32-30(42)18-8-4-6-16(12-18)28-26(40)24(38)22(36)20(14-34)44-28/h3-8,11-12,19-28,33-40H,1-2,9-10,13-14H2,(H,31,41)(H,32,42)/t19-,20-,21-,22-,23+,24+,25-,26+,27-,28-/m1/s1. The summed E-state index contributed by atoms with van der Waals surface area (Å²) < 4.78 is 11.1. The van der Waals surface area contributed by atoms with Crippen molar-refractivity contribution in [1.29, 1.82) is 0 Å². The maximum absolute atomic E-state index is 12.7. The number of carbonyl (C=O) groups is 2. The first-order valence-electron chi connectivity index (χ1n) is 14.4. The number of ether oxygens (including phenoxy) is 2. The van der Waals surface area contributed by atoms with Crippen molar-refractivity contribution in [2.24, 2.45) is 0 Å². The molecule has 0 spiro atoms. The highest BCUT2D eigenvalue weighted by atomic mass is 16.6. The van der Waals surface area contributed by atoms with Crippen LogP contribution in [0.25, 0.3) is 0 Å². The summed E-state index contributed by atoms with van der Waals surface area (Å²) in [6.07, 6.45) is -12.1. The van der Waals surface area contributed by atoms with Crippen LogP contribution in [0.15, 0.2) is 48.5 Å². The minimum Gasteiger partial charge on any atom is -0.394 e. The van der Waals surface area contributed by atoms with E-state index in [0.717, 1.165) is 0 Å². The summed E-state index contributed by atoms with van der Waals surface area (Å²) >= 11 is 0. The van der Waals surface area contributed by atoms with Gasteiger partial charge in [0, 0.05) is 24.2 Å². The SMILES string of the molecule is O=C(NCCCCNC(=O)c1cccc([C@H]2O[C@H](CO)[C@@H](O)[C@H](O)[C@@H]2O)c1)c1cccc([C@H]2O[C@H](CO)[C@@H](O)[C@H](O)[C@H]2O)c1. The summed E-state index contributed by atoms with van der Waals surface area (Å²) in [4.78, 5) is 25.4. The first kappa shape index (κ1) is 33.9. The Morgan fingerprint density at radius 1 is 0.591 bits per heavy atom. The Balaban J connectivity index is 1.23. The molecule has 2 saturated heterocycles. The van der Waals surface area contributed by atoms with Gasteiger partial charge in [0.2, 0.25) is 0 Å². The van der Waals surface area contributed by atoms with Crippen molar-refractivity contribution in [2.45, 2.75) is 73.9 Å². The van der Waals surface area contributed by atoms with E-state index in [1.165, 1.54) is 12.1 Å². The Kier molecular flexibility index (Phi) is 11.8. The van der Waals surface area contributed by atoms with E-state index in [-0.39, 0.29) is 22.9 Å². The molecular weight excluding hydrogens is 580 g/mol. The lowest BCUT2D eigenvalue weighted by atomic mass is 9.90. The van der Waals surface area contributed by atoms with Crippen LogP contribution in [0.4, 0.5) is 0 Å². The summed E-state index contributed by atoms with van der Waals surface area (Å²) in [7, 11) is 0. The zero-order chi connectivity index (χ0) is 32.0. The number of carbonyl (C=O) groups excluding carboxylic acids is 2. The molecule has 2 aromatic carbocycles. The van der Waals surface area contributed by atoms with Gasteiger partial charge in [-0.1, -0.05) is 24.3 Å². The number of nitrogens with one attached hydrogen (secondary N) is 2. The summed E-state index contributed by atoms with van der Waals surface area (Å²) in [6.45, 7) is -0.496. The van der Waals surface area contributed by atoms with Crippen LogP contribution in [-0.4, -0.2) is 128 Å². The summed E-state index contributed by atoms with van der Waals surface area (Å²) in [5.41, 5.74) is 1.36. The largest absolute Gasteiger partial charge is 0.394 e. The summed E-state index contributed by atoms with van der Waals surface area (Å²) in [5.74, 6) is -0.768. The highest BCUT2D eigenvalue weighted by Gasteiger charge is 2.45. The van der Waals surface area contributed by atoms with Crippen molar-refractivity contribution in [1.82, 2.24) is 10.6 Å². The molecule has 2 aliphatic heterocycles. The van der Waals surface area contributed by atoms with Gasteiger partial charge in [-0.05, 0) is 48.2 Å². The van der Waals surface area contributed by atoms with Crippen LogP contribution in [-0.2, 0) is 9.47 Å². The molecule has 44 heavy (non-hydrogen) atoms. The fraction of sp³-hybridized carbons (Fsp3) is 0.533. The van der Waals surface area contributed by atoms with E-state index in [4.69, 9.17) is 9.47 Å². The Morgan fingerprint density at radius 2 is 0.977 bits per heavy atom. The average molecular weight is 621 g/mol. The zero-order valence-electron chi connectivity index (χ0n) is 23.8. The average Bonchev–Trinajstić information content (AvgIpc) is 3.04. The number of unbranched alkanes of at least 4 members (excludes halogenated alkanes) is 1. The van der Waals surface area contributed by atoms with E-state index in [0.29, 0.717) is 37.1 Å². The van der Waals surface area contributed by atoms with Crippen LogP contribution < -0.4 is 10.6 Å². The number of benzene rings is 2. The minimum absolute atomic E-state index is 0.284. The van der Waals surface area contributed by atoms with Gasteiger partial charge in [-0.3, -0.25) is 9.59 Å². The molecule has 2 heterocycles. The Hall–Kier alpha value is -3.02. The maximum Gasteiger partial charge on any atom is 0.251 e. The molecule has 0 bridgehead atoms. The number of aliphatic hydroxyl groups excluding tert-OH is 8. The highest BCUT2D eigenvalue weighted by molar-refractivity contribution is 5.94. The van der Waals surface area contributed by atoms with E-state index in [9.17, 15) is 50.4 Å². The van der Waals surface area contributed by atoms with E-state index in [1.54, 1.807) is 36.4 Å². The van der Waals surface area contributed by atoms with E-state index < -0.39 is 74.3 Å². The molecule has 0 unspecified atom stereocenters. The molecule has 0 aliphatic carbocycles. The predicted molar refractivity (Wildman–Crippen MR) is 152 cm³/mol. The van der Waals surface area contributed by atoms with Gasteiger partial charge in [0.15, 0.2) is 0 Å². The molecule has 2 fully saturated rings. The number of rotatable bonds is 11. The van der Waals surface area contributed by atoms with E-state index in [2.05, 4.69) is 10.6 Å². The Bertz CT molecular complexity index is 1160. The number of hydrogen-bond donors (Lipinski definition) is 10. The molecule has 2 amide bonds. The molecule has 0 saturated carbocycles. The molecule has 14 nitrogen and oxygen atoms in total. The molecule has 2 aliphatic rings. The van der Waals surface area contributed by atoms with Gasteiger partial charge in [0.05, 0.1) is 13.2 Å². The van der Waals surface area contributed by atoms with Gasteiger partial charge in [0.1, 0.15) is 61.0 Å². The lowest BCUT2D eigenvalue weighted by molar-refractivity contribution is -0.231. The number of hydrogen-bond acceptors (Lipinski definition) is 12. The Labute approximate surface area is 253 Å². The fourth-order valence-electron chi connectivity index (χ4n) is 5.33. The van der Waals surface area contributed by atoms with Crippen LogP contribution in [0.3, 0.4) is 0 Å². The molecule has 0 aromatic heterocycles. The second-order valence-electron chi connectivity index (χ2n) is 11.0. The molecule has 10 atom stereocenters. The molecule has 2 aromatic rings. The van der Waals surface area contributed by atoms with Crippen LogP contribution in [0.1, 0.15) is 56.9 Å². The molecule has 242 valence electrons. The normalized spacial score (nSPS) is 32.2. The molecule has 14 heteroatoms. The lowest BCUT2D eigenvalue weighted by Crippen LogP contribution is -2.55. The van der Waals surface area contributed by atoms with Crippen molar-refractivity contribution in [2.75, 3.05) is 26.3 Å². The maximum atomic E-state index is 12.7. The quantitative estimate of drug-likeness (QED) is 0.119. The van der Waals surface area contributed by atoms with Crippen molar-refractivity contribution in [3.63, 3.8) is 0 Å². The molecular formula is C30H40N2O12. The van der Waals surface area contributed by atoms with Gasteiger partial charge in [-0.2, -0.15) is 0 Å². The third-order valence-corrected chi connectivity index (χ3v) is 7.91. The third-order valence-electron chi connectivity index (χ3n) is 7.91. The lowest BCUT2D eigenvalue weighted by Gasteiger charge is -2.40. The van der Waals surface area contributed by atoms with Crippen LogP contribution in [0.2, 0.25) is 0 Å². The monoisotopic (exact) mass is 620 g/mol. The van der Waals surface area contributed by atoms with Crippen LogP contribution in [0, 0.1) is 0 Å². The second kappa shape index (κ2) is 15.3. The van der Waals surface area contributed by atoms with E-state index >= 15 is 0 Å². The molecule has 10 N–H and O–H groups in total. The van der Waals surface area contributed by atoms with Crippen molar-refractivity contribution >= 4 is 11.8 Å². The summed E-state index contributed by atoms with van der Waals surface area (Å²) in [5, 5.41) is 85.3. The van der Waals surface area contributed by atoms with Gasteiger partial charge in [-0.25, -0.2) is 0 Å². The first-order chi connectivity index (χ1) is 21.1. The first-order valence-corrected chi connectivity index (χ1v) is 14.4. The van der Waals surface area contributed by atoms with Gasteiger partial charge >= 0.3 is 0 Å². The summed E-state index contributed by atoms with van der Waals surface area (Å²) in [6, 6.07) is 12.5. The predicted octanol–water partition coefficient (Wildman–Crippen LogP) is -2.34. The molecule has 4 rings (SSSR count). The van der Waals surface area contributed by atoms with Gasteiger partial charge < -0.3 is 61.0 Å². The third kappa shape index (κ3) is 7.61. The van der Waals surface area contributed by atoms with Gasteiger partial charge in [-0.15, -0.1) is 0 Å². The minimum atomic E-state index is -1.53. The second-order valence-corrected chi connectivity index (χ2v) is 11.0. The van der Waals surface area contributed by atoms with E-state index in [1.807, 2.05) is 0 Å². The van der Waals surface area contributed by atoms with Crippen molar-refractivity contribution < 1.29 is 59.9 Å². The zero-order valence-corrected chi connectivity index (χ0v) is 23.8. The number of aliphatic hydroxyl groups is 8. The smallest absolute Gasteiger partial charge is 0.251 e. The number of amides is 2. The molecule has 0 radical (unpaired) electrons. The van der Waals surface area contributed by atoms with Crippen LogP contribution >= 0.6 is 0 Å². The van der Waals surface area contributed by atoms with Crippen molar-refractivity contribution in [3.05, 3.63) is 70.8 Å². The highest BCUT2D eigenvalue weighted by Crippen LogP contribution is 2.34. The van der Waals surface area contributed by atoms with Gasteiger partial charge in [0.25, 0.3) is 11.8 Å². The fourth-order valence-corrected chi connectivity index (χ4v) is 5.33. The van der Waals surface area contributed by atoms with Crippen molar-refractivity contribution in [3.8, 4) is 0 Å².